The molecular formula is C12H19ClO2. The lowest BCUT2D eigenvalue weighted by Gasteiger charge is -2.32. The van der Waals surface area contributed by atoms with Crippen molar-refractivity contribution >= 4 is 17.6 Å². The second kappa shape index (κ2) is 5.55. The van der Waals surface area contributed by atoms with Gasteiger partial charge < -0.3 is 4.74 Å². The number of alkyl halides is 1. The monoisotopic (exact) mass is 230 g/mol. The second-order valence-electron chi connectivity index (χ2n) is 4.53. The molecule has 86 valence electrons. The summed E-state index contributed by atoms with van der Waals surface area (Å²) in [6.45, 7) is 7.05. The highest BCUT2D eigenvalue weighted by Crippen LogP contribution is 2.33. The van der Waals surface area contributed by atoms with E-state index in [0.717, 1.165) is 6.42 Å². The van der Waals surface area contributed by atoms with Gasteiger partial charge in [-0.2, -0.15) is 0 Å². The molecule has 2 nitrogen and oxygen atoms in total. The van der Waals surface area contributed by atoms with E-state index >= 15 is 0 Å². The van der Waals surface area contributed by atoms with Crippen LogP contribution in [0.15, 0.2) is 11.6 Å². The van der Waals surface area contributed by atoms with Gasteiger partial charge >= 0.3 is 5.97 Å². The van der Waals surface area contributed by atoms with E-state index in [0.29, 0.717) is 24.4 Å². The first-order valence-corrected chi connectivity index (χ1v) is 5.97. The standard InChI is InChI=1S/C12H19ClO2/c1-8-4-9(2)11(10(3)5-8)7-15-12(14)6-13/h4,9-11H,5-7H2,1-3H3/t9-,10+,11-/m0/s1. The fourth-order valence-corrected chi connectivity index (χ4v) is 2.44. The smallest absolute Gasteiger partial charge is 0.320 e. The first kappa shape index (κ1) is 12.6. The van der Waals surface area contributed by atoms with E-state index in [1.54, 1.807) is 0 Å². The van der Waals surface area contributed by atoms with Crippen molar-refractivity contribution in [2.45, 2.75) is 27.2 Å². The molecule has 1 aliphatic carbocycles. The zero-order chi connectivity index (χ0) is 11.4. The summed E-state index contributed by atoms with van der Waals surface area (Å²) in [5, 5.41) is 0. The van der Waals surface area contributed by atoms with Gasteiger partial charge in [0.05, 0.1) is 6.61 Å². The Morgan fingerprint density at radius 3 is 2.80 bits per heavy atom. The summed E-state index contributed by atoms with van der Waals surface area (Å²) in [6, 6.07) is 0. The minimum Gasteiger partial charge on any atom is -0.464 e. The average molecular weight is 231 g/mol. The van der Waals surface area contributed by atoms with Crippen LogP contribution in [0.1, 0.15) is 27.2 Å². The van der Waals surface area contributed by atoms with Gasteiger partial charge in [-0.3, -0.25) is 4.79 Å². The molecule has 3 heteroatoms. The van der Waals surface area contributed by atoms with E-state index < -0.39 is 0 Å². The Labute approximate surface area is 96.6 Å². The van der Waals surface area contributed by atoms with Crippen molar-refractivity contribution in [3.05, 3.63) is 11.6 Å². The number of esters is 1. The molecule has 0 aromatic carbocycles. The summed E-state index contributed by atoms with van der Waals surface area (Å²) in [7, 11) is 0. The molecule has 0 N–H and O–H groups in total. The largest absolute Gasteiger partial charge is 0.464 e. The van der Waals surface area contributed by atoms with Crippen molar-refractivity contribution in [1.29, 1.82) is 0 Å². The van der Waals surface area contributed by atoms with Gasteiger partial charge in [0, 0.05) is 5.92 Å². The minimum absolute atomic E-state index is 0.0512. The van der Waals surface area contributed by atoms with E-state index in [-0.39, 0.29) is 11.8 Å². The van der Waals surface area contributed by atoms with Crippen LogP contribution in [0.5, 0.6) is 0 Å². The van der Waals surface area contributed by atoms with Crippen LogP contribution in [-0.4, -0.2) is 18.5 Å². The average Bonchev–Trinajstić information content (AvgIpc) is 2.15. The van der Waals surface area contributed by atoms with E-state index in [1.165, 1.54) is 5.57 Å². The molecule has 0 aliphatic heterocycles. The molecule has 15 heavy (non-hydrogen) atoms. The van der Waals surface area contributed by atoms with Crippen LogP contribution in [0.4, 0.5) is 0 Å². The quantitative estimate of drug-likeness (QED) is 0.423. The summed E-state index contributed by atoms with van der Waals surface area (Å²) in [4.78, 5) is 11.0. The molecule has 0 amide bonds. The highest BCUT2D eigenvalue weighted by atomic mass is 35.5. The Hall–Kier alpha value is -0.500. The number of rotatable bonds is 3. The van der Waals surface area contributed by atoms with Crippen molar-refractivity contribution in [2.75, 3.05) is 12.5 Å². The van der Waals surface area contributed by atoms with Crippen molar-refractivity contribution in [1.82, 2.24) is 0 Å². The van der Waals surface area contributed by atoms with Crippen LogP contribution in [0, 0.1) is 17.8 Å². The first-order valence-electron chi connectivity index (χ1n) is 5.43. The molecule has 0 spiro atoms. The Morgan fingerprint density at radius 1 is 1.60 bits per heavy atom. The second-order valence-corrected chi connectivity index (χ2v) is 4.80. The SMILES string of the molecule is CC1=C[C@H](C)[C@H](COC(=O)CCl)[C@H](C)C1. The van der Waals surface area contributed by atoms with Gasteiger partial charge in [-0.15, -0.1) is 11.6 Å². The number of allylic oxidation sites excluding steroid dienone is 2. The van der Waals surface area contributed by atoms with Gasteiger partial charge in [0.1, 0.15) is 5.88 Å². The van der Waals surface area contributed by atoms with Gasteiger partial charge in [0.15, 0.2) is 0 Å². The summed E-state index contributed by atoms with van der Waals surface area (Å²) >= 11 is 5.38. The molecule has 3 atom stereocenters. The number of hydrogen-bond donors (Lipinski definition) is 0. The van der Waals surface area contributed by atoms with Crippen molar-refractivity contribution in [3.63, 3.8) is 0 Å². The predicted molar refractivity (Wildman–Crippen MR) is 61.9 cm³/mol. The van der Waals surface area contributed by atoms with Crippen LogP contribution in [0.3, 0.4) is 0 Å². The summed E-state index contributed by atoms with van der Waals surface area (Å²) < 4.78 is 5.11. The van der Waals surface area contributed by atoms with Crippen molar-refractivity contribution < 1.29 is 9.53 Å². The van der Waals surface area contributed by atoms with Gasteiger partial charge in [0.25, 0.3) is 0 Å². The predicted octanol–water partition coefficient (Wildman–Crippen LogP) is 3.01. The maximum atomic E-state index is 11.0. The summed E-state index contributed by atoms with van der Waals surface area (Å²) in [6.07, 6.45) is 3.38. The van der Waals surface area contributed by atoms with Crippen LogP contribution in [0.25, 0.3) is 0 Å². The van der Waals surface area contributed by atoms with E-state index in [9.17, 15) is 4.79 Å². The maximum absolute atomic E-state index is 11.0. The molecule has 1 rings (SSSR count). The van der Waals surface area contributed by atoms with Crippen LogP contribution < -0.4 is 0 Å². The zero-order valence-corrected chi connectivity index (χ0v) is 10.4. The fourth-order valence-electron chi connectivity index (χ4n) is 2.36. The molecule has 0 heterocycles. The molecule has 0 aromatic rings. The van der Waals surface area contributed by atoms with Crippen LogP contribution in [-0.2, 0) is 9.53 Å². The third kappa shape index (κ3) is 3.53. The summed E-state index contributed by atoms with van der Waals surface area (Å²) in [5.41, 5.74) is 1.44. The van der Waals surface area contributed by atoms with Crippen LogP contribution in [0.2, 0.25) is 0 Å². The lowest BCUT2D eigenvalue weighted by Crippen LogP contribution is -2.28. The molecule has 0 saturated heterocycles. The molecule has 0 saturated carbocycles. The molecule has 0 radical (unpaired) electrons. The van der Waals surface area contributed by atoms with Crippen molar-refractivity contribution in [3.8, 4) is 0 Å². The number of carbonyl (C=O) groups is 1. The number of halogens is 1. The Bertz CT molecular complexity index is 260. The number of ether oxygens (including phenoxy) is 1. The minimum atomic E-state index is -0.317. The number of carbonyl (C=O) groups excluding carboxylic acids is 1. The lowest BCUT2D eigenvalue weighted by molar-refractivity contribution is -0.142. The molecule has 0 aromatic heterocycles. The van der Waals surface area contributed by atoms with Gasteiger partial charge in [0.2, 0.25) is 0 Å². The zero-order valence-electron chi connectivity index (χ0n) is 9.63. The van der Waals surface area contributed by atoms with Gasteiger partial charge in [-0.05, 0) is 25.2 Å². The normalized spacial score (nSPS) is 30.9. The maximum Gasteiger partial charge on any atom is 0.320 e. The Kier molecular flexibility index (Phi) is 4.65. The van der Waals surface area contributed by atoms with E-state index in [1.807, 2.05) is 0 Å². The highest BCUT2D eigenvalue weighted by molar-refractivity contribution is 6.26. The fraction of sp³-hybridized carbons (Fsp3) is 0.750. The molecule has 0 fully saturated rings. The topological polar surface area (TPSA) is 26.3 Å². The van der Waals surface area contributed by atoms with Gasteiger partial charge in [-0.25, -0.2) is 0 Å². The molecular weight excluding hydrogens is 212 g/mol. The first-order chi connectivity index (χ1) is 7.04. The highest BCUT2D eigenvalue weighted by Gasteiger charge is 2.27. The van der Waals surface area contributed by atoms with Crippen molar-refractivity contribution in [2.24, 2.45) is 17.8 Å². The Balaban J connectivity index is 2.50. The van der Waals surface area contributed by atoms with Gasteiger partial charge in [-0.1, -0.05) is 25.5 Å². The third-order valence-electron chi connectivity index (χ3n) is 3.14. The van der Waals surface area contributed by atoms with E-state index in [2.05, 4.69) is 26.8 Å². The molecule has 1 aliphatic rings. The number of hydrogen-bond acceptors (Lipinski definition) is 2. The van der Waals surface area contributed by atoms with E-state index in [4.69, 9.17) is 16.3 Å². The molecule has 0 bridgehead atoms. The third-order valence-corrected chi connectivity index (χ3v) is 3.36. The molecule has 0 unspecified atom stereocenters. The van der Waals surface area contributed by atoms with Crippen LogP contribution >= 0.6 is 11.6 Å². The summed E-state index contributed by atoms with van der Waals surface area (Å²) in [5.74, 6) is 1.12. The Morgan fingerprint density at radius 2 is 2.27 bits per heavy atom. The lowest BCUT2D eigenvalue weighted by atomic mass is 9.75.